The molecule has 0 saturated carbocycles. The van der Waals surface area contributed by atoms with Gasteiger partial charge in [-0.1, -0.05) is 18.9 Å². The zero-order valence-electron chi connectivity index (χ0n) is 12.1. The summed E-state index contributed by atoms with van der Waals surface area (Å²) < 4.78 is 1.91. The van der Waals surface area contributed by atoms with E-state index in [0.29, 0.717) is 6.04 Å². The van der Waals surface area contributed by atoms with Crippen LogP contribution in [0.5, 0.6) is 0 Å². The van der Waals surface area contributed by atoms with Crippen molar-refractivity contribution in [3.63, 3.8) is 0 Å². The molecule has 1 aliphatic rings. The molecule has 20 heavy (non-hydrogen) atoms. The van der Waals surface area contributed by atoms with Gasteiger partial charge in [0.25, 0.3) is 0 Å². The van der Waals surface area contributed by atoms with Gasteiger partial charge >= 0.3 is 0 Å². The van der Waals surface area contributed by atoms with Crippen molar-refractivity contribution in [1.82, 2.24) is 19.7 Å². The van der Waals surface area contributed by atoms with Gasteiger partial charge in [-0.2, -0.15) is 5.10 Å². The van der Waals surface area contributed by atoms with Crippen LogP contribution < -0.4 is 0 Å². The lowest BCUT2D eigenvalue weighted by Gasteiger charge is -2.28. The predicted octanol–water partition coefficient (Wildman–Crippen LogP) is 2.93. The summed E-state index contributed by atoms with van der Waals surface area (Å²) in [7, 11) is 1.99. The molecule has 0 aliphatic carbocycles. The van der Waals surface area contributed by atoms with Gasteiger partial charge in [-0.3, -0.25) is 14.6 Å². The van der Waals surface area contributed by atoms with Crippen LogP contribution in [0.15, 0.2) is 36.8 Å². The van der Waals surface area contributed by atoms with Gasteiger partial charge in [-0.25, -0.2) is 0 Å². The van der Waals surface area contributed by atoms with E-state index < -0.39 is 0 Å². The highest BCUT2D eigenvalue weighted by molar-refractivity contribution is 5.11. The number of rotatable bonds is 3. The Morgan fingerprint density at radius 3 is 2.95 bits per heavy atom. The van der Waals surface area contributed by atoms with Crippen molar-refractivity contribution < 1.29 is 0 Å². The topological polar surface area (TPSA) is 34.0 Å². The number of pyridine rings is 1. The second kappa shape index (κ2) is 6.18. The van der Waals surface area contributed by atoms with Crippen molar-refractivity contribution in [1.29, 1.82) is 0 Å². The second-order valence-corrected chi connectivity index (χ2v) is 5.61. The first-order chi connectivity index (χ1) is 9.83. The van der Waals surface area contributed by atoms with Crippen molar-refractivity contribution in [3.8, 4) is 0 Å². The SMILES string of the molecule is Cn1ccc(C2CCCCCN2Cc2cccnc2)n1. The maximum Gasteiger partial charge on any atom is 0.0796 e. The van der Waals surface area contributed by atoms with Crippen LogP contribution in [0.3, 0.4) is 0 Å². The van der Waals surface area contributed by atoms with Crippen molar-refractivity contribution >= 4 is 0 Å². The van der Waals surface area contributed by atoms with Crippen LogP contribution in [0.1, 0.15) is 43.0 Å². The first kappa shape index (κ1) is 13.3. The zero-order chi connectivity index (χ0) is 13.8. The molecule has 0 N–H and O–H groups in total. The van der Waals surface area contributed by atoms with Gasteiger partial charge in [0.2, 0.25) is 0 Å². The summed E-state index contributed by atoms with van der Waals surface area (Å²) in [5, 5.41) is 4.63. The summed E-state index contributed by atoms with van der Waals surface area (Å²) in [5.74, 6) is 0. The third-order valence-corrected chi connectivity index (χ3v) is 4.05. The molecule has 3 rings (SSSR count). The van der Waals surface area contributed by atoms with E-state index in [0.717, 1.165) is 13.1 Å². The molecule has 1 saturated heterocycles. The number of likely N-dealkylation sites (tertiary alicyclic amines) is 1. The van der Waals surface area contributed by atoms with E-state index in [1.54, 1.807) is 0 Å². The van der Waals surface area contributed by atoms with Crippen LogP contribution in [-0.4, -0.2) is 26.2 Å². The summed E-state index contributed by atoms with van der Waals surface area (Å²) in [4.78, 5) is 6.79. The second-order valence-electron chi connectivity index (χ2n) is 5.61. The van der Waals surface area contributed by atoms with Gasteiger partial charge in [-0.05, 0) is 37.1 Å². The third kappa shape index (κ3) is 3.07. The number of nitrogens with zero attached hydrogens (tertiary/aromatic N) is 4. The van der Waals surface area contributed by atoms with E-state index in [-0.39, 0.29) is 0 Å². The van der Waals surface area contributed by atoms with Crippen LogP contribution in [0.25, 0.3) is 0 Å². The summed E-state index contributed by atoms with van der Waals surface area (Å²) in [6.45, 7) is 2.12. The number of hydrogen-bond donors (Lipinski definition) is 0. The average molecular weight is 270 g/mol. The summed E-state index contributed by atoms with van der Waals surface area (Å²) in [6.07, 6.45) is 11.0. The fraction of sp³-hybridized carbons (Fsp3) is 0.500. The van der Waals surface area contributed by atoms with Gasteiger partial charge in [0.05, 0.1) is 11.7 Å². The van der Waals surface area contributed by atoms with Crippen molar-refractivity contribution in [2.45, 2.75) is 38.3 Å². The predicted molar refractivity (Wildman–Crippen MR) is 79.1 cm³/mol. The van der Waals surface area contributed by atoms with Crippen LogP contribution in [0.2, 0.25) is 0 Å². The number of hydrogen-bond acceptors (Lipinski definition) is 3. The maximum atomic E-state index is 4.63. The van der Waals surface area contributed by atoms with Crippen molar-refractivity contribution in [2.24, 2.45) is 7.05 Å². The smallest absolute Gasteiger partial charge is 0.0796 e. The molecular formula is C16H22N4. The summed E-state index contributed by atoms with van der Waals surface area (Å²) in [6, 6.07) is 6.78. The highest BCUT2D eigenvalue weighted by Crippen LogP contribution is 2.30. The lowest BCUT2D eigenvalue weighted by molar-refractivity contribution is 0.188. The van der Waals surface area contributed by atoms with Crippen molar-refractivity contribution in [3.05, 3.63) is 48.0 Å². The van der Waals surface area contributed by atoms with Crippen LogP contribution in [-0.2, 0) is 13.6 Å². The van der Waals surface area contributed by atoms with Crippen LogP contribution in [0, 0.1) is 0 Å². The zero-order valence-corrected chi connectivity index (χ0v) is 12.1. The normalized spacial score (nSPS) is 20.8. The fourth-order valence-electron chi connectivity index (χ4n) is 3.03. The molecule has 3 heterocycles. The molecule has 4 heteroatoms. The molecule has 0 radical (unpaired) electrons. The van der Waals surface area contributed by atoms with E-state index in [4.69, 9.17) is 0 Å². The minimum Gasteiger partial charge on any atom is -0.290 e. The molecule has 0 aromatic carbocycles. The first-order valence-electron chi connectivity index (χ1n) is 7.45. The summed E-state index contributed by atoms with van der Waals surface area (Å²) in [5.41, 5.74) is 2.49. The Morgan fingerprint density at radius 2 is 2.20 bits per heavy atom. The standard InChI is InChI=1S/C16H22N4/c1-19-11-8-15(18-19)16-7-3-2-4-10-20(16)13-14-6-5-9-17-12-14/h5-6,8-9,11-12,16H,2-4,7,10,13H2,1H3. The lowest BCUT2D eigenvalue weighted by atomic mass is 10.1. The largest absolute Gasteiger partial charge is 0.290 e. The Labute approximate surface area is 120 Å². The third-order valence-electron chi connectivity index (χ3n) is 4.05. The van der Waals surface area contributed by atoms with E-state index in [1.165, 1.54) is 36.9 Å². The van der Waals surface area contributed by atoms with Gasteiger partial charge in [0.1, 0.15) is 0 Å². The Hall–Kier alpha value is -1.68. The summed E-state index contributed by atoms with van der Waals surface area (Å²) >= 11 is 0. The van der Waals surface area contributed by atoms with Gasteiger partial charge < -0.3 is 0 Å². The quantitative estimate of drug-likeness (QED) is 0.860. The Kier molecular flexibility index (Phi) is 4.11. The minimum atomic E-state index is 0.443. The van der Waals surface area contributed by atoms with Gasteiger partial charge in [-0.15, -0.1) is 0 Å². The molecule has 2 aromatic rings. The number of aromatic nitrogens is 3. The monoisotopic (exact) mass is 270 g/mol. The number of aryl methyl sites for hydroxylation is 1. The molecule has 1 unspecified atom stereocenters. The molecule has 1 atom stereocenters. The Bertz CT molecular complexity index is 534. The van der Waals surface area contributed by atoms with Gasteiger partial charge in [0, 0.05) is 32.2 Å². The molecule has 4 nitrogen and oxygen atoms in total. The minimum absolute atomic E-state index is 0.443. The Morgan fingerprint density at radius 1 is 1.25 bits per heavy atom. The van der Waals surface area contributed by atoms with E-state index in [9.17, 15) is 0 Å². The van der Waals surface area contributed by atoms with E-state index >= 15 is 0 Å². The van der Waals surface area contributed by atoms with E-state index in [2.05, 4.69) is 27.1 Å². The molecule has 106 valence electrons. The van der Waals surface area contributed by atoms with Gasteiger partial charge in [0.15, 0.2) is 0 Å². The molecule has 0 amide bonds. The first-order valence-corrected chi connectivity index (χ1v) is 7.45. The maximum absolute atomic E-state index is 4.63. The molecular weight excluding hydrogens is 248 g/mol. The Balaban J connectivity index is 1.80. The highest BCUT2D eigenvalue weighted by Gasteiger charge is 2.24. The van der Waals surface area contributed by atoms with Crippen molar-refractivity contribution in [2.75, 3.05) is 6.54 Å². The lowest BCUT2D eigenvalue weighted by Crippen LogP contribution is -2.28. The highest BCUT2D eigenvalue weighted by atomic mass is 15.3. The molecule has 1 fully saturated rings. The van der Waals surface area contributed by atoms with Crippen LogP contribution >= 0.6 is 0 Å². The average Bonchev–Trinajstić information content (AvgIpc) is 2.76. The molecule has 2 aromatic heterocycles. The molecule has 0 spiro atoms. The van der Waals surface area contributed by atoms with Crippen LogP contribution in [0.4, 0.5) is 0 Å². The van der Waals surface area contributed by atoms with E-state index in [1.807, 2.05) is 36.4 Å². The fourth-order valence-corrected chi connectivity index (χ4v) is 3.03. The molecule has 1 aliphatic heterocycles. The molecule has 0 bridgehead atoms.